The fraction of sp³-hybridized carbons (Fsp3) is 0.0833. The molecule has 168 valence electrons. The highest BCUT2D eigenvalue weighted by molar-refractivity contribution is 7.92. The molecule has 0 aliphatic rings. The van der Waals surface area contributed by atoms with Gasteiger partial charge in [0.2, 0.25) is 0 Å². The summed E-state index contributed by atoms with van der Waals surface area (Å²) in [7, 11) is -2.96. The Bertz CT molecular complexity index is 1430. The third kappa shape index (κ3) is 4.22. The topological polar surface area (TPSA) is 85.7 Å². The summed E-state index contributed by atoms with van der Waals surface area (Å²) in [5, 5.41) is 0.505. The van der Waals surface area contributed by atoms with Gasteiger partial charge in [-0.15, -0.1) is 0 Å². The summed E-state index contributed by atoms with van der Waals surface area (Å²) in [6.45, 7) is -0.553. The lowest BCUT2D eigenvalue weighted by Crippen LogP contribution is -2.37. The fourth-order valence-corrected chi connectivity index (χ4v) is 4.91. The molecule has 9 heteroatoms. The molecule has 4 rings (SSSR count). The van der Waals surface area contributed by atoms with Crippen molar-refractivity contribution in [1.29, 1.82) is 0 Å². The molecule has 0 radical (unpaired) electrons. The van der Waals surface area contributed by atoms with E-state index in [-0.39, 0.29) is 16.1 Å². The summed E-state index contributed by atoms with van der Waals surface area (Å²) in [6, 6.07) is 19.3. The summed E-state index contributed by atoms with van der Waals surface area (Å²) < 4.78 is 47.2. The van der Waals surface area contributed by atoms with Crippen molar-refractivity contribution < 1.29 is 27.1 Å². The van der Waals surface area contributed by atoms with Crippen molar-refractivity contribution in [2.45, 2.75) is 4.90 Å². The molecule has 0 amide bonds. The van der Waals surface area contributed by atoms with Crippen LogP contribution in [0.3, 0.4) is 0 Å². The van der Waals surface area contributed by atoms with Gasteiger partial charge in [-0.05, 0) is 42.5 Å². The van der Waals surface area contributed by atoms with E-state index in [1.165, 1.54) is 17.9 Å². The van der Waals surface area contributed by atoms with Gasteiger partial charge in [0.15, 0.2) is 0 Å². The standard InChI is InChI=1S/C24H19FN2O5S/c1-32-24(29)21-15-26(22-10-6-5-9-20(21)22)23(28)16-27(18-7-3-2-4-8-18)33(30,31)19-13-11-17(25)12-14-19/h2-15H,16H2,1H3. The lowest BCUT2D eigenvalue weighted by molar-refractivity contribution is 0.0603. The van der Waals surface area contributed by atoms with Crippen molar-refractivity contribution in [2.75, 3.05) is 18.0 Å². The van der Waals surface area contributed by atoms with Gasteiger partial charge < -0.3 is 4.74 Å². The van der Waals surface area contributed by atoms with Gasteiger partial charge >= 0.3 is 5.97 Å². The number of anilines is 1. The minimum atomic E-state index is -4.20. The van der Waals surface area contributed by atoms with E-state index in [1.807, 2.05) is 0 Å². The second-order valence-electron chi connectivity index (χ2n) is 7.12. The van der Waals surface area contributed by atoms with E-state index in [1.54, 1.807) is 54.6 Å². The van der Waals surface area contributed by atoms with Crippen LogP contribution in [0, 0.1) is 5.82 Å². The molecule has 0 saturated carbocycles. The molecular formula is C24H19FN2O5S. The highest BCUT2D eigenvalue weighted by atomic mass is 32.2. The smallest absolute Gasteiger partial charge is 0.340 e. The van der Waals surface area contributed by atoms with Crippen molar-refractivity contribution >= 4 is 38.5 Å². The first-order valence-corrected chi connectivity index (χ1v) is 11.3. The number of benzene rings is 3. The van der Waals surface area contributed by atoms with Gasteiger partial charge in [0, 0.05) is 11.6 Å². The Balaban J connectivity index is 1.79. The van der Waals surface area contributed by atoms with Crippen molar-refractivity contribution in [3.05, 3.63) is 96.4 Å². The Morgan fingerprint density at radius 1 is 0.939 bits per heavy atom. The molecule has 0 aliphatic carbocycles. The van der Waals surface area contributed by atoms with Gasteiger partial charge in [0.1, 0.15) is 12.4 Å². The van der Waals surface area contributed by atoms with Crippen molar-refractivity contribution in [3.8, 4) is 0 Å². The van der Waals surface area contributed by atoms with E-state index >= 15 is 0 Å². The number of ether oxygens (including phenoxy) is 1. The molecular weight excluding hydrogens is 447 g/mol. The Morgan fingerprint density at radius 3 is 2.24 bits per heavy atom. The Kier molecular flexibility index (Phi) is 5.97. The van der Waals surface area contributed by atoms with Gasteiger partial charge in [-0.1, -0.05) is 36.4 Å². The first kappa shape index (κ1) is 22.2. The number of nitrogens with zero attached hydrogens (tertiary/aromatic N) is 2. The molecule has 0 aliphatic heterocycles. The SMILES string of the molecule is COC(=O)c1cn(C(=O)CN(c2ccccc2)S(=O)(=O)c2ccc(F)cc2)c2ccccc12. The average molecular weight is 466 g/mol. The van der Waals surface area contributed by atoms with E-state index in [2.05, 4.69) is 0 Å². The van der Waals surface area contributed by atoms with Crippen molar-refractivity contribution in [1.82, 2.24) is 4.57 Å². The summed E-state index contributed by atoms with van der Waals surface area (Å²) in [5.41, 5.74) is 0.893. The van der Waals surface area contributed by atoms with E-state index in [4.69, 9.17) is 4.74 Å². The second kappa shape index (κ2) is 8.87. The lowest BCUT2D eigenvalue weighted by Gasteiger charge is -2.24. The number of fused-ring (bicyclic) bond motifs is 1. The summed E-state index contributed by atoms with van der Waals surface area (Å²) >= 11 is 0. The van der Waals surface area contributed by atoms with E-state index in [0.29, 0.717) is 10.9 Å². The molecule has 0 saturated heterocycles. The minimum Gasteiger partial charge on any atom is -0.465 e. The molecule has 1 aromatic heterocycles. The van der Waals surface area contributed by atoms with Gasteiger partial charge in [0.05, 0.1) is 28.8 Å². The zero-order chi connectivity index (χ0) is 23.6. The molecule has 4 aromatic rings. The van der Waals surface area contributed by atoms with Crippen molar-refractivity contribution in [2.24, 2.45) is 0 Å². The number of halogens is 1. The molecule has 0 spiro atoms. The summed E-state index contributed by atoms with van der Waals surface area (Å²) in [6.07, 6.45) is 1.34. The fourth-order valence-electron chi connectivity index (χ4n) is 3.50. The first-order chi connectivity index (χ1) is 15.8. The van der Waals surface area contributed by atoms with Crippen LogP contribution in [0.4, 0.5) is 10.1 Å². The minimum absolute atomic E-state index is 0.159. The van der Waals surface area contributed by atoms with Gasteiger partial charge in [0.25, 0.3) is 15.9 Å². The molecule has 3 aromatic carbocycles. The molecule has 33 heavy (non-hydrogen) atoms. The van der Waals surface area contributed by atoms with Crippen LogP contribution in [0.2, 0.25) is 0 Å². The lowest BCUT2D eigenvalue weighted by atomic mass is 10.2. The maximum Gasteiger partial charge on any atom is 0.340 e. The van der Waals surface area contributed by atoms with Gasteiger partial charge in [-0.3, -0.25) is 13.7 Å². The van der Waals surface area contributed by atoms with Crippen LogP contribution in [0.15, 0.2) is 90.0 Å². The third-order valence-electron chi connectivity index (χ3n) is 5.11. The van der Waals surface area contributed by atoms with Crippen LogP contribution in [0.5, 0.6) is 0 Å². The van der Waals surface area contributed by atoms with Crippen LogP contribution in [0.1, 0.15) is 15.2 Å². The quantitative estimate of drug-likeness (QED) is 0.400. The molecule has 0 fully saturated rings. The number of carbonyl (C=O) groups excluding carboxylic acids is 2. The summed E-state index contributed by atoms with van der Waals surface area (Å²) in [5.74, 6) is -1.78. The number of carbonyl (C=O) groups is 2. The van der Waals surface area contributed by atoms with E-state index < -0.39 is 34.3 Å². The van der Waals surface area contributed by atoms with Crippen LogP contribution < -0.4 is 4.31 Å². The molecule has 7 nitrogen and oxygen atoms in total. The Hall–Kier alpha value is -3.98. The van der Waals surface area contributed by atoms with E-state index in [9.17, 15) is 22.4 Å². The predicted molar refractivity (Wildman–Crippen MR) is 121 cm³/mol. The first-order valence-electron chi connectivity index (χ1n) is 9.88. The number of methoxy groups -OCH3 is 1. The van der Waals surface area contributed by atoms with Crippen LogP contribution in [0.25, 0.3) is 10.9 Å². The number of esters is 1. The summed E-state index contributed by atoms with van der Waals surface area (Å²) in [4.78, 5) is 25.4. The monoisotopic (exact) mass is 466 g/mol. The normalized spacial score (nSPS) is 11.3. The average Bonchev–Trinajstić information content (AvgIpc) is 3.22. The molecule has 0 unspecified atom stereocenters. The highest BCUT2D eigenvalue weighted by Gasteiger charge is 2.29. The molecule has 0 N–H and O–H groups in total. The number of rotatable bonds is 6. The number of hydrogen-bond donors (Lipinski definition) is 0. The zero-order valence-corrected chi connectivity index (χ0v) is 18.3. The van der Waals surface area contributed by atoms with Crippen LogP contribution in [-0.4, -0.2) is 38.5 Å². The largest absolute Gasteiger partial charge is 0.465 e. The van der Waals surface area contributed by atoms with Gasteiger partial charge in [-0.25, -0.2) is 17.6 Å². The number of para-hydroxylation sites is 2. The Labute approximate surface area is 189 Å². The third-order valence-corrected chi connectivity index (χ3v) is 6.90. The maximum absolute atomic E-state index is 13.4. The van der Waals surface area contributed by atoms with Crippen LogP contribution in [-0.2, 0) is 14.8 Å². The van der Waals surface area contributed by atoms with Gasteiger partial charge in [-0.2, -0.15) is 0 Å². The molecule has 0 bridgehead atoms. The van der Waals surface area contributed by atoms with Crippen molar-refractivity contribution in [3.63, 3.8) is 0 Å². The zero-order valence-electron chi connectivity index (χ0n) is 17.5. The maximum atomic E-state index is 13.4. The molecule has 1 heterocycles. The number of aromatic nitrogens is 1. The highest BCUT2D eigenvalue weighted by Crippen LogP contribution is 2.26. The number of sulfonamides is 1. The second-order valence-corrected chi connectivity index (χ2v) is 8.98. The van der Waals surface area contributed by atoms with E-state index in [0.717, 1.165) is 28.6 Å². The number of hydrogen-bond acceptors (Lipinski definition) is 5. The molecule has 0 atom stereocenters. The van der Waals surface area contributed by atoms with Crippen LogP contribution >= 0.6 is 0 Å². The predicted octanol–water partition coefficient (Wildman–Crippen LogP) is 4.10. The Morgan fingerprint density at radius 2 is 1.58 bits per heavy atom.